The molecule has 0 saturated heterocycles. The summed E-state index contributed by atoms with van der Waals surface area (Å²) >= 11 is 1.50. The minimum atomic E-state index is -0.378. The Labute approximate surface area is 196 Å². The Balaban J connectivity index is 1.77. The van der Waals surface area contributed by atoms with E-state index in [1.165, 1.54) is 23.4 Å². The number of para-hydroxylation sites is 1. The van der Waals surface area contributed by atoms with Crippen LogP contribution in [0.4, 0.5) is 5.69 Å². The number of nitro groups is 1. The second kappa shape index (κ2) is 9.87. The topological polar surface area (TPSA) is 83.1 Å². The second-order valence-electron chi connectivity index (χ2n) is 7.80. The molecule has 0 fully saturated rings. The van der Waals surface area contributed by atoms with Crippen LogP contribution in [0.2, 0.25) is 0 Å². The van der Waals surface area contributed by atoms with Crippen LogP contribution in [0.3, 0.4) is 0 Å². The van der Waals surface area contributed by atoms with Gasteiger partial charge in [0.1, 0.15) is 5.75 Å². The number of thioether (sulfide) groups is 1. The van der Waals surface area contributed by atoms with Gasteiger partial charge < -0.3 is 4.74 Å². The first-order valence-electron chi connectivity index (χ1n) is 10.5. The molecule has 1 aromatic heterocycles. The molecule has 4 aromatic rings. The molecule has 0 atom stereocenters. The summed E-state index contributed by atoms with van der Waals surface area (Å²) in [6, 6.07) is 22.6. The molecular weight excluding hydrogens is 436 g/mol. The molecule has 33 heavy (non-hydrogen) atoms. The van der Waals surface area contributed by atoms with Gasteiger partial charge in [0.15, 0.2) is 11.0 Å². The Morgan fingerprint density at radius 3 is 2.48 bits per heavy atom. The average Bonchev–Trinajstić information content (AvgIpc) is 3.26. The molecule has 0 spiro atoms. The molecular formula is C25H24N4O3S. The average molecular weight is 461 g/mol. The second-order valence-corrected chi connectivity index (χ2v) is 8.74. The molecule has 0 aliphatic rings. The maximum Gasteiger partial charge on any atom is 0.269 e. The number of ether oxygens (including phenoxy) is 1. The Hall–Kier alpha value is -3.65. The quantitative estimate of drug-likeness (QED) is 0.175. The molecule has 1 heterocycles. The molecule has 0 N–H and O–H groups in total. The highest BCUT2D eigenvalue weighted by Gasteiger charge is 2.20. The fourth-order valence-corrected chi connectivity index (χ4v) is 4.48. The molecule has 0 aliphatic heterocycles. The monoisotopic (exact) mass is 460 g/mol. The van der Waals surface area contributed by atoms with Gasteiger partial charge in [-0.1, -0.05) is 55.9 Å². The SMILES string of the molecule is COc1ccc(-c2nnc(SCc3cccc([N+](=O)[O-])c3)n2-c2ccccc2C(C)C)cc1. The van der Waals surface area contributed by atoms with Gasteiger partial charge in [0.25, 0.3) is 5.69 Å². The van der Waals surface area contributed by atoms with Crippen molar-refractivity contribution in [2.75, 3.05) is 7.11 Å². The van der Waals surface area contributed by atoms with Crippen LogP contribution < -0.4 is 4.74 Å². The van der Waals surface area contributed by atoms with Crippen LogP contribution in [0, 0.1) is 10.1 Å². The number of aromatic nitrogens is 3. The van der Waals surface area contributed by atoms with E-state index in [4.69, 9.17) is 4.74 Å². The number of nitro benzene ring substituents is 1. The minimum Gasteiger partial charge on any atom is -0.497 e. The van der Waals surface area contributed by atoms with Crippen molar-refractivity contribution in [2.24, 2.45) is 0 Å². The van der Waals surface area contributed by atoms with Crippen molar-refractivity contribution >= 4 is 17.4 Å². The molecule has 3 aromatic carbocycles. The van der Waals surface area contributed by atoms with Crippen LogP contribution in [0.1, 0.15) is 30.9 Å². The van der Waals surface area contributed by atoms with E-state index in [0.717, 1.165) is 33.5 Å². The van der Waals surface area contributed by atoms with Crippen molar-refractivity contribution < 1.29 is 9.66 Å². The normalized spacial score (nSPS) is 11.0. The van der Waals surface area contributed by atoms with Gasteiger partial charge in [0, 0.05) is 23.4 Å². The van der Waals surface area contributed by atoms with E-state index in [2.05, 4.69) is 40.7 Å². The standard InChI is InChI=1S/C25H24N4O3S/c1-17(2)22-9-4-5-10-23(22)28-24(19-11-13-21(32-3)14-12-19)26-27-25(28)33-16-18-7-6-8-20(15-18)29(30)31/h4-15,17H,16H2,1-3H3. The lowest BCUT2D eigenvalue weighted by atomic mass is 10.0. The minimum absolute atomic E-state index is 0.0821. The fourth-order valence-electron chi connectivity index (χ4n) is 3.59. The Kier molecular flexibility index (Phi) is 6.74. The lowest BCUT2D eigenvalue weighted by molar-refractivity contribution is -0.384. The predicted octanol–water partition coefficient (Wildman–Crippen LogP) is 6.27. The highest BCUT2D eigenvalue weighted by atomic mass is 32.2. The molecule has 0 saturated carbocycles. The molecule has 0 radical (unpaired) electrons. The third-order valence-electron chi connectivity index (χ3n) is 5.27. The molecule has 4 rings (SSSR count). The summed E-state index contributed by atoms with van der Waals surface area (Å²) in [5, 5.41) is 20.9. The zero-order valence-electron chi connectivity index (χ0n) is 18.6. The van der Waals surface area contributed by atoms with Crippen molar-refractivity contribution in [3.8, 4) is 22.8 Å². The van der Waals surface area contributed by atoms with Gasteiger partial charge in [-0.25, -0.2) is 0 Å². The van der Waals surface area contributed by atoms with Gasteiger partial charge in [0.05, 0.1) is 17.7 Å². The van der Waals surface area contributed by atoms with E-state index in [0.29, 0.717) is 11.7 Å². The van der Waals surface area contributed by atoms with E-state index in [-0.39, 0.29) is 10.6 Å². The van der Waals surface area contributed by atoms with Gasteiger partial charge in [-0.2, -0.15) is 0 Å². The van der Waals surface area contributed by atoms with Gasteiger partial charge in [-0.05, 0) is 47.4 Å². The van der Waals surface area contributed by atoms with E-state index >= 15 is 0 Å². The number of non-ortho nitro benzene ring substituents is 1. The van der Waals surface area contributed by atoms with Crippen molar-refractivity contribution in [3.05, 3.63) is 94.0 Å². The summed E-state index contributed by atoms with van der Waals surface area (Å²) < 4.78 is 7.36. The van der Waals surface area contributed by atoms with Gasteiger partial charge >= 0.3 is 0 Å². The van der Waals surface area contributed by atoms with Crippen LogP contribution in [0.15, 0.2) is 78.0 Å². The zero-order valence-corrected chi connectivity index (χ0v) is 19.5. The first-order valence-corrected chi connectivity index (χ1v) is 11.5. The molecule has 8 heteroatoms. The number of hydrogen-bond donors (Lipinski definition) is 0. The van der Waals surface area contributed by atoms with Crippen LogP contribution in [0.5, 0.6) is 5.75 Å². The molecule has 0 bridgehead atoms. The summed E-state index contributed by atoms with van der Waals surface area (Å²) in [6.45, 7) is 4.32. The molecule has 7 nitrogen and oxygen atoms in total. The van der Waals surface area contributed by atoms with Crippen LogP contribution >= 0.6 is 11.8 Å². The lowest BCUT2D eigenvalue weighted by Gasteiger charge is -2.17. The number of methoxy groups -OCH3 is 1. The highest BCUT2D eigenvalue weighted by Crippen LogP contribution is 2.34. The number of rotatable bonds is 8. The van der Waals surface area contributed by atoms with E-state index in [1.807, 2.05) is 42.5 Å². The lowest BCUT2D eigenvalue weighted by Crippen LogP contribution is -2.05. The summed E-state index contributed by atoms with van der Waals surface area (Å²) in [6.07, 6.45) is 0. The Bertz CT molecular complexity index is 1270. The van der Waals surface area contributed by atoms with Crippen molar-refractivity contribution in [1.82, 2.24) is 14.8 Å². The van der Waals surface area contributed by atoms with E-state index < -0.39 is 0 Å². The highest BCUT2D eigenvalue weighted by molar-refractivity contribution is 7.98. The largest absolute Gasteiger partial charge is 0.497 e. The Morgan fingerprint density at radius 1 is 1.03 bits per heavy atom. The van der Waals surface area contributed by atoms with Gasteiger partial charge in [0.2, 0.25) is 0 Å². The summed E-state index contributed by atoms with van der Waals surface area (Å²) in [4.78, 5) is 10.8. The third-order valence-corrected chi connectivity index (χ3v) is 6.27. The van der Waals surface area contributed by atoms with E-state index in [9.17, 15) is 10.1 Å². The maximum absolute atomic E-state index is 11.1. The number of benzene rings is 3. The smallest absolute Gasteiger partial charge is 0.269 e. The summed E-state index contributed by atoms with van der Waals surface area (Å²) in [5.41, 5.74) is 4.06. The van der Waals surface area contributed by atoms with Crippen molar-refractivity contribution in [2.45, 2.75) is 30.7 Å². The molecule has 0 aliphatic carbocycles. The van der Waals surface area contributed by atoms with Crippen LogP contribution in [0.25, 0.3) is 17.1 Å². The fraction of sp³-hybridized carbons (Fsp3) is 0.200. The number of nitrogens with zero attached hydrogens (tertiary/aromatic N) is 4. The van der Waals surface area contributed by atoms with Gasteiger partial charge in [-0.15, -0.1) is 10.2 Å². The number of hydrogen-bond acceptors (Lipinski definition) is 6. The third kappa shape index (κ3) is 4.90. The first-order chi connectivity index (χ1) is 16.0. The molecule has 0 unspecified atom stereocenters. The zero-order chi connectivity index (χ0) is 23.4. The summed E-state index contributed by atoms with van der Waals surface area (Å²) in [5.74, 6) is 2.34. The predicted molar refractivity (Wildman–Crippen MR) is 130 cm³/mol. The van der Waals surface area contributed by atoms with Crippen molar-refractivity contribution in [1.29, 1.82) is 0 Å². The maximum atomic E-state index is 11.1. The summed E-state index contributed by atoms with van der Waals surface area (Å²) in [7, 11) is 1.64. The molecule has 168 valence electrons. The van der Waals surface area contributed by atoms with Gasteiger partial charge in [-0.3, -0.25) is 14.7 Å². The molecule has 0 amide bonds. The van der Waals surface area contributed by atoms with Crippen LogP contribution in [-0.4, -0.2) is 26.8 Å². The van der Waals surface area contributed by atoms with Crippen molar-refractivity contribution in [3.63, 3.8) is 0 Å². The first kappa shape index (κ1) is 22.5. The van der Waals surface area contributed by atoms with E-state index in [1.54, 1.807) is 19.2 Å². The van der Waals surface area contributed by atoms with Crippen LogP contribution in [-0.2, 0) is 5.75 Å². The Morgan fingerprint density at radius 2 is 1.79 bits per heavy atom.